The van der Waals surface area contributed by atoms with Gasteiger partial charge in [-0.3, -0.25) is 0 Å². The number of fused-ring (bicyclic) bond motifs is 1. The zero-order valence-electron chi connectivity index (χ0n) is 19.7. The van der Waals surface area contributed by atoms with Crippen molar-refractivity contribution in [3.05, 3.63) is 47.1 Å². The topological polar surface area (TPSA) is 40.5 Å². The van der Waals surface area contributed by atoms with Gasteiger partial charge in [-0.1, -0.05) is 70.6 Å². The first-order valence-electron chi connectivity index (χ1n) is 11.8. The fourth-order valence-electron chi connectivity index (χ4n) is 5.78. The summed E-state index contributed by atoms with van der Waals surface area (Å²) in [5.74, 6) is 2.48. The summed E-state index contributed by atoms with van der Waals surface area (Å²) in [6.07, 6.45) is 13.0. The Morgan fingerprint density at radius 3 is 2.73 bits per heavy atom. The average molecular weight is 431 g/mol. The van der Waals surface area contributed by atoms with E-state index in [1.807, 2.05) is 0 Å². The summed E-state index contributed by atoms with van der Waals surface area (Å²) >= 11 is 2.08. The first-order valence-corrected chi connectivity index (χ1v) is 12.8. The van der Waals surface area contributed by atoms with Crippen LogP contribution in [0.5, 0.6) is 0 Å². The Bertz CT molecular complexity index is 738. The molecule has 2 N–H and O–H groups in total. The predicted molar refractivity (Wildman–Crippen MR) is 131 cm³/mol. The van der Waals surface area contributed by atoms with Crippen molar-refractivity contribution in [1.82, 2.24) is 0 Å². The Kier molecular flexibility index (Phi) is 7.47. The molecule has 0 spiro atoms. The normalized spacial score (nSPS) is 36.2. The van der Waals surface area contributed by atoms with Gasteiger partial charge in [-0.25, -0.2) is 0 Å². The van der Waals surface area contributed by atoms with Gasteiger partial charge in [0.2, 0.25) is 0 Å². The molecule has 0 radical (unpaired) electrons. The standard InChI is InChI=1S/C27H42O2S/c1-18(13-15-30-26(3,4)5)23-11-12-24-20(8-7-14-27(23,24)6)9-10-21-16-22(28)17-25(29)19(21)2/h9-11,18,22,24-25,28-29H,2,7-8,12-17H2,1,3-6H3/b20-9+,21-10-/t18-,22-,24+,25+,27-/m1/s1. The van der Waals surface area contributed by atoms with Gasteiger partial charge in [-0.2, -0.15) is 11.8 Å². The Morgan fingerprint density at radius 1 is 1.30 bits per heavy atom. The molecular formula is C27H42O2S. The van der Waals surface area contributed by atoms with Gasteiger partial charge < -0.3 is 10.2 Å². The zero-order chi connectivity index (χ0) is 22.1. The molecule has 3 aliphatic rings. The third-order valence-corrected chi connectivity index (χ3v) is 8.80. The lowest BCUT2D eigenvalue weighted by molar-refractivity contribution is 0.0862. The summed E-state index contributed by atoms with van der Waals surface area (Å²) in [6, 6.07) is 0. The molecule has 168 valence electrons. The second kappa shape index (κ2) is 9.38. The fourth-order valence-corrected chi connectivity index (χ4v) is 6.86. The van der Waals surface area contributed by atoms with E-state index in [0.29, 0.717) is 29.4 Å². The lowest BCUT2D eigenvalue weighted by Gasteiger charge is -2.42. The maximum Gasteiger partial charge on any atom is 0.0811 e. The Balaban J connectivity index is 1.71. The minimum Gasteiger partial charge on any atom is -0.393 e. The van der Waals surface area contributed by atoms with E-state index in [4.69, 9.17) is 0 Å². The van der Waals surface area contributed by atoms with Crippen molar-refractivity contribution in [3.63, 3.8) is 0 Å². The molecular weight excluding hydrogens is 388 g/mol. The first-order chi connectivity index (χ1) is 14.0. The molecule has 0 amide bonds. The monoisotopic (exact) mass is 430 g/mol. The summed E-state index contributed by atoms with van der Waals surface area (Å²) in [4.78, 5) is 0. The van der Waals surface area contributed by atoms with E-state index >= 15 is 0 Å². The summed E-state index contributed by atoms with van der Waals surface area (Å²) in [6.45, 7) is 15.9. The van der Waals surface area contributed by atoms with Crippen LogP contribution in [-0.2, 0) is 0 Å². The highest BCUT2D eigenvalue weighted by Crippen LogP contribution is 2.57. The second-order valence-electron chi connectivity index (χ2n) is 10.9. The van der Waals surface area contributed by atoms with Crippen molar-refractivity contribution >= 4 is 11.8 Å². The van der Waals surface area contributed by atoms with Crippen LogP contribution in [0.15, 0.2) is 47.1 Å². The van der Waals surface area contributed by atoms with Crippen LogP contribution in [-0.4, -0.2) is 32.9 Å². The third-order valence-electron chi connectivity index (χ3n) is 7.49. The number of allylic oxidation sites excluding steroid dienone is 5. The van der Waals surface area contributed by atoms with Crippen LogP contribution < -0.4 is 0 Å². The molecule has 3 rings (SSSR count). The maximum atomic E-state index is 10.1. The zero-order valence-corrected chi connectivity index (χ0v) is 20.5. The van der Waals surface area contributed by atoms with Gasteiger partial charge >= 0.3 is 0 Å². The minimum absolute atomic E-state index is 0.289. The number of hydrogen-bond acceptors (Lipinski definition) is 3. The molecule has 0 aromatic rings. The molecule has 0 aromatic carbocycles. The molecule has 2 fully saturated rings. The van der Waals surface area contributed by atoms with Crippen molar-refractivity contribution in [1.29, 1.82) is 0 Å². The largest absolute Gasteiger partial charge is 0.393 e. The van der Waals surface area contributed by atoms with Gasteiger partial charge in [0, 0.05) is 11.2 Å². The van der Waals surface area contributed by atoms with Gasteiger partial charge in [0.15, 0.2) is 0 Å². The highest BCUT2D eigenvalue weighted by Gasteiger charge is 2.45. The molecule has 3 aliphatic carbocycles. The first kappa shape index (κ1) is 23.9. The fraction of sp³-hybridized carbons (Fsp3) is 0.704. The van der Waals surface area contributed by atoms with Crippen LogP contribution in [0.2, 0.25) is 0 Å². The summed E-state index contributed by atoms with van der Waals surface area (Å²) in [5.41, 5.74) is 5.32. The lowest BCUT2D eigenvalue weighted by atomic mass is 9.62. The van der Waals surface area contributed by atoms with Gasteiger partial charge in [-0.05, 0) is 72.7 Å². The molecule has 0 aliphatic heterocycles. The number of hydrogen-bond donors (Lipinski definition) is 2. The van der Waals surface area contributed by atoms with E-state index in [2.05, 4.69) is 71.2 Å². The SMILES string of the molecule is C=C1/C(=C\C=C2/CCC[C@]3(C)C([C@H](C)CCSC(C)(C)C)=CC[C@@H]23)C[C@@H](O)C[C@@H]1O. The summed E-state index contributed by atoms with van der Waals surface area (Å²) in [7, 11) is 0. The van der Waals surface area contributed by atoms with Crippen molar-refractivity contribution in [2.45, 2.75) is 96.5 Å². The highest BCUT2D eigenvalue weighted by atomic mass is 32.2. The van der Waals surface area contributed by atoms with Crippen LogP contribution in [0.3, 0.4) is 0 Å². The van der Waals surface area contributed by atoms with Gasteiger partial charge in [0.25, 0.3) is 0 Å². The Morgan fingerprint density at radius 2 is 2.03 bits per heavy atom. The highest BCUT2D eigenvalue weighted by molar-refractivity contribution is 8.00. The number of aliphatic hydroxyl groups excluding tert-OH is 2. The summed E-state index contributed by atoms with van der Waals surface area (Å²) < 4.78 is 0.342. The minimum atomic E-state index is -0.610. The van der Waals surface area contributed by atoms with Crippen LogP contribution in [0.4, 0.5) is 0 Å². The molecule has 0 bridgehead atoms. The van der Waals surface area contributed by atoms with Crippen molar-refractivity contribution in [2.24, 2.45) is 17.3 Å². The van der Waals surface area contributed by atoms with E-state index in [1.165, 1.54) is 25.0 Å². The molecule has 5 atom stereocenters. The molecule has 0 unspecified atom stereocenters. The molecule has 0 saturated heterocycles. The van der Waals surface area contributed by atoms with E-state index in [1.54, 1.807) is 11.1 Å². The van der Waals surface area contributed by atoms with E-state index in [9.17, 15) is 10.2 Å². The van der Waals surface area contributed by atoms with Gasteiger partial charge in [0.1, 0.15) is 0 Å². The van der Waals surface area contributed by atoms with Crippen LogP contribution in [0.1, 0.15) is 79.6 Å². The van der Waals surface area contributed by atoms with Gasteiger partial charge in [-0.15, -0.1) is 0 Å². The van der Waals surface area contributed by atoms with E-state index < -0.39 is 12.2 Å². The molecule has 0 heterocycles. The van der Waals surface area contributed by atoms with E-state index in [0.717, 1.165) is 24.0 Å². The van der Waals surface area contributed by atoms with Crippen molar-refractivity contribution in [3.8, 4) is 0 Å². The van der Waals surface area contributed by atoms with Crippen molar-refractivity contribution < 1.29 is 10.2 Å². The second-order valence-corrected chi connectivity index (χ2v) is 12.9. The summed E-state index contributed by atoms with van der Waals surface area (Å²) in [5, 5.41) is 20.2. The molecule has 3 heteroatoms. The average Bonchev–Trinajstić information content (AvgIpc) is 3.00. The number of rotatable bonds is 5. The van der Waals surface area contributed by atoms with Crippen LogP contribution >= 0.6 is 11.8 Å². The smallest absolute Gasteiger partial charge is 0.0811 e. The molecule has 2 nitrogen and oxygen atoms in total. The molecule has 2 saturated carbocycles. The van der Waals surface area contributed by atoms with Crippen molar-refractivity contribution in [2.75, 3.05) is 5.75 Å². The Labute approximate surface area is 188 Å². The van der Waals surface area contributed by atoms with Crippen LogP contribution in [0, 0.1) is 17.3 Å². The van der Waals surface area contributed by atoms with Gasteiger partial charge in [0.05, 0.1) is 12.2 Å². The van der Waals surface area contributed by atoms with Crippen LogP contribution in [0.25, 0.3) is 0 Å². The number of aliphatic hydroxyl groups is 2. The predicted octanol–water partition coefficient (Wildman–Crippen LogP) is 6.61. The maximum absolute atomic E-state index is 10.1. The third kappa shape index (κ3) is 5.34. The number of thioether (sulfide) groups is 1. The quantitative estimate of drug-likeness (QED) is 0.482. The lowest BCUT2D eigenvalue weighted by Crippen LogP contribution is -2.32. The van der Waals surface area contributed by atoms with E-state index in [-0.39, 0.29) is 5.41 Å². The molecule has 0 aromatic heterocycles. The molecule has 30 heavy (non-hydrogen) atoms. The Hall–Kier alpha value is -0.770.